The average Bonchev–Trinajstić information content (AvgIpc) is 2.95. The molecular weight excluding hydrogens is 296 g/mol. The molecule has 122 valence electrons. The number of fused-ring (bicyclic) bond motifs is 1. The van der Waals surface area contributed by atoms with Gasteiger partial charge in [0.15, 0.2) is 5.82 Å². The van der Waals surface area contributed by atoms with Crippen LogP contribution in [-0.2, 0) is 13.0 Å². The van der Waals surface area contributed by atoms with Crippen molar-refractivity contribution in [1.29, 1.82) is 0 Å². The Morgan fingerprint density at radius 1 is 1.13 bits per heavy atom. The molecule has 1 aromatic carbocycles. The predicted molar refractivity (Wildman–Crippen MR) is 84.7 cm³/mol. The summed E-state index contributed by atoms with van der Waals surface area (Å²) in [5, 5.41) is 8.19. The first kappa shape index (κ1) is 14.8. The number of aromatic nitrogens is 2. The van der Waals surface area contributed by atoms with Crippen LogP contribution >= 0.6 is 0 Å². The van der Waals surface area contributed by atoms with Crippen LogP contribution < -0.4 is 5.32 Å². The molecule has 2 aromatic rings. The summed E-state index contributed by atoms with van der Waals surface area (Å²) in [7, 11) is 0. The van der Waals surface area contributed by atoms with E-state index in [1.54, 1.807) is 4.68 Å². The van der Waals surface area contributed by atoms with Crippen molar-refractivity contribution in [1.82, 2.24) is 15.1 Å². The Morgan fingerprint density at radius 2 is 1.96 bits per heavy atom. The maximum absolute atomic E-state index is 14.2. The molecule has 0 spiro atoms. The third kappa shape index (κ3) is 2.67. The summed E-state index contributed by atoms with van der Waals surface area (Å²) < 4.78 is 29.2. The van der Waals surface area contributed by atoms with E-state index in [1.165, 1.54) is 37.0 Å². The van der Waals surface area contributed by atoms with Gasteiger partial charge < -0.3 is 5.32 Å². The summed E-state index contributed by atoms with van der Waals surface area (Å²) >= 11 is 0. The van der Waals surface area contributed by atoms with Crippen LogP contribution in [0.4, 0.5) is 8.78 Å². The predicted octanol–water partition coefficient (Wildman–Crippen LogP) is 3.84. The standard InChI is InChI=1S/C18H21F2N3/c19-13-6-7-17(15(20)10-13)23-16-8-9-21-11-14(16)18(22-23)12-4-2-1-3-5-12/h6-7,10,12,21H,1-5,8-9,11H2. The van der Waals surface area contributed by atoms with Crippen molar-refractivity contribution >= 4 is 0 Å². The van der Waals surface area contributed by atoms with Gasteiger partial charge in [0.05, 0.1) is 11.4 Å². The fourth-order valence-corrected chi connectivity index (χ4v) is 3.93. The molecule has 0 amide bonds. The summed E-state index contributed by atoms with van der Waals surface area (Å²) in [6, 6.07) is 3.73. The number of nitrogens with zero attached hydrogens (tertiary/aromatic N) is 2. The van der Waals surface area contributed by atoms with E-state index in [1.807, 2.05) is 0 Å². The maximum atomic E-state index is 14.2. The van der Waals surface area contributed by atoms with Crippen molar-refractivity contribution in [3.63, 3.8) is 0 Å². The highest BCUT2D eigenvalue weighted by Crippen LogP contribution is 2.36. The van der Waals surface area contributed by atoms with Crippen LogP contribution in [0, 0.1) is 11.6 Å². The molecule has 3 nitrogen and oxygen atoms in total. The van der Waals surface area contributed by atoms with E-state index < -0.39 is 11.6 Å². The summed E-state index contributed by atoms with van der Waals surface area (Å²) in [6.07, 6.45) is 6.93. The molecule has 0 unspecified atom stereocenters. The van der Waals surface area contributed by atoms with Crippen LogP contribution in [0.5, 0.6) is 0 Å². The number of hydrogen-bond acceptors (Lipinski definition) is 2. The topological polar surface area (TPSA) is 29.9 Å². The van der Waals surface area contributed by atoms with Gasteiger partial charge in [-0.05, 0) is 25.0 Å². The molecule has 1 aliphatic carbocycles. The van der Waals surface area contributed by atoms with Crippen molar-refractivity contribution in [3.8, 4) is 5.69 Å². The minimum absolute atomic E-state index is 0.353. The molecule has 1 aliphatic heterocycles. The van der Waals surface area contributed by atoms with E-state index in [0.717, 1.165) is 49.8 Å². The Labute approximate surface area is 134 Å². The van der Waals surface area contributed by atoms with Gasteiger partial charge in [-0.3, -0.25) is 0 Å². The van der Waals surface area contributed by atoms with Crippen LogP contribution in [0.15, 0.2) is 18.2 Å². The molecule has 1 saturated carbocycles. The van der Waals surface area contributed by atoms with Gasteiger partial charge in [-0.1, -0.05) is 19.3 Å². The van der Waals surface area contributed by atoms with Gasteiger partial charge in [0.1, 0.15) is 11.5 Å². The molecule has 1 fully saturated rings. The van der Waals surface area contributed by atoms with Crippen molar-refractivity contribution in [2.75, 3.05) is 6.54 Å². The molecule has 4 rings (SSSR count). The monoisotopic (exact) mass is 317 g/mol. The molecule has 1 N–H and O–H groups in total. The quantitative estimate of drug-likeness (QED) is 0.912. The van der Waals surface area contributed by atoms with E-state index in [0.29, 0.717) is 11.6 Å². The fourth-order valence-electron chi connectivity index (χ4n) is 3.93. The number of benzene rings is 1. The largest absolute Gasteiger partial charge is 0.312 e. The maximum Gasteiger partial charge on any atom is 0.151 e. The van der Waals surface area contributed by atoms with E-state index in [4.69, 9.17) is 5.10 Å². The molecule has 0 saturated heterocycles. The number of halogens is 2. The van der Waals surface area contributed by atoms with Gasteiger partial charge in [-0.2, -0.15) is 5.10 Å². The lowest BCUT2D eigenvalue weighted by molar-refractivity contribution is 0.432. The molecule has 2 heterocycles. The summed E-state index contributed by atoms with van der Waals surface area (Å²) in [6.45, 7) is 1.66. The average molecular weight is 317 g/mol. The molecule has 0 radical (unpaired) electrons. The molecule has 0 bridgehead atoms. The minimum Gasteiger partial charge on any atom is -0.312 e. The first-order valence-electron chi connectivity index (χ1n) is 8.51. The lowest BCUT2D eigenvalue weighted by Crippen LogP contribution is -2.25. The van der Waals surface area contributed by atoms with E-state index >= 15 is 0 Å². The second kappa shape index (κ2) is 6.04. The highest BCUT2D eigenvalue weighted by Gasteiger charge is 2.28. The van der Waals surface area contributed by atoms with E-state index in [-0.39, 0.29) is 0 Å². The van der Waals surface area contributed by atoms with Crippen molar-refractivity contribution in [2.24, 2.45) is 0 Å². The van der Waals surface area contributed by atoms with Crippen LogP contribution in [-0.4, -0.2) is 16.3 Å². The van der Waals surface area contributed by atoms with Gasteiger partial charge in [0.25, 0.3) is 0 Å². The third-order valence-corrected chi connectivity index (χ3v) is 5.09. The van der Waals surface area contributed by atoms with Gasteiger partial charge in [-0.25, -0.2) is 13.5 Å². The van der Waals surface area contributed by atoms with Crippen LogP contribution in [0.25, 0.3) is 5.69 Å². The first-order chi connectivity index (χ1) is 11.2. The van der Waals surface area contributed by atoms with Gasteiger partial charge in [0.2, 0.25) is 0 Å². The highest BCUT2D eigenvalue weighted by molar-refractivity contribution is 5.41. The Hall–Kier alpha value is -1.75. The zero-order chi connectivity index (χ0) is 15.8. The molecule has 1 aromatic heterocycles. The molecule has 5 heteroatoms. The second-order valence-corrected chi connectivity index (χ2v) is 6.58. The third-order valence-electron chi connectivity index (χ3n) is 5.09. The fraction of sp³-hybridized carbons (Fsp3) is 0.500. The first-order valence-corrected chi connectivity index (χ1v) is 8.51. The lowest BCUT2D eigenvalue weighted by atomic mass is 9.84. The minimum atomic E-state index is -0.554. The summed E-state index contributed by atoms with van der Waals surface area (Å²) in [5.41, 5.74) is 3.78. The Morgan fingerprint density at radius 3 is 2.74 bits per heavy atom. The Kier molecular flexibility index (Phi) is 3.89. The Bertz CT molecular complexity index is 717. The van der Waals surface area contributed by atoms with Gasteiger partial charge >= 0.3 is 0 Å². The smallest absolute Gasteiger partial charge is 0.151 e. The van der Waals surface area contributed by atoms with Crippen molar-refractivity contribution in [3.05, 3.63) is 46.8 Å². The number of rotatable bonds is 2. The SMILES string of the molecule is Fc1ccc(-n2nc(C3CCCCC3)c3c2CCNC3)c(F)c1. The van der Waals surface area contributed by atoms with Crippen molar-refractivity contribution in [2.45, 2.75) is 51.0 Å². The summed E-state index contributed by atoms with van der Waals surface area (Å²) in [4.78, 5) is 0. The molecule has 0 atom stereocenters. The molecule has 2 aliphatic rings. The zero-order valence-electron chi connectivity index (χ0n) is 13.1. The second-order valence-electron chi connectivity index (χ2n) is 6.58. The van der Waals surface area contributed by atoms with Gasteiger partial charge in [0, 0.05) is 37.1 Å². The molecule has 23 heavy (non-hydrogen) atoms. The summed E-state index contributed by atoms with van der Waals surface area (Å²) in [5.74, 6) is -0.632. The van der Waals surface area contributed by atoms with E-state index in [2.05, 4.69) is 5.32 Å². The van der Waals surface area contributed by atoms with Crippen molar-refractivity contribution < 1.29 is 8.78 Å². The highest BCUT2D eigenvalue weighted by atomic mass is 19.1. The Balaban J connectivity index is 1.81. The normalized spacial score (nSPS) is 18.9. The zero-order valence-corrected chi connectivity index (χ0v) is 13.1. The lowest BCUT2D eigenvalue weighted by Gasteiger charge is -2.22. The number of nitrogens with one attached hydrogen (secondary N) is 1. The van der Waals surface area contributed by atoms with Crippen LogP contribution in [0.3, 0.4) is 0 Å². The van der Waals surface area contributed by atoms with Crippen LogP contribution in [0.1, 0.15) is 55.0 Å². The number of hydrogen-bond donors (Lipinski definition) is 1. The van der Waals surface area contributed by atoms with Crippen LogP contribution in [0.2, 0.25) is 0 Å². The van der Waals surface area contributed by atoms with Gasteiger partial charge in [-0.15, -0.1) is 0 Å². The molecular formula is C18H21F2N3. The van der Waals surface area contributed by atoms with E-state index in [9.17, 15) is 8.78 Å².